The molecule has 1 aromatic rings. The SMILES string of the molecule is C=CCN(CCC)C(=O)Nc1cccc(OCC(=O)O)c1. The number of ether oxygens (including phenoxy) is 1. The van der Waals surface area contributed by atoms with Crippen LogP contribution in [0.1, 0.15) is 13.3 Å². The normalized spacial score (nSPS) is 9.76. The zero-order chi connectivity index (χ0) is 15.7. The third kappa shape index (κ3) is 5.99. The minimum Gasteiger partial charge on any atom is -0.482 e. The smallest absolute Gasteiger partial charge is 0.341 e. The molecule has 0 bridgehead atoms. The lowest BCUT2D eigenvalue weighted by Gasteiger charge is -2.21. The van der Waals surface area contributed by atoms with Gasteiger partial charge in [-0.05, 0) is 18.6 Å². The highest BCUT2D eigenvalue weighted by Gasteiger charge is 2.11. The maximum absolute atomic E-state index is 12.1. The summed E-state index contributed by atoms with van der Waals surface area (Å²) in [5.41, 5.74) is 0.549. The van der Waals surface area contributed by atoms with E-state index in [2.05, 4.69) is 11.9 Å². The fourth-order valence-electron chi connectivity index (χ4n) is 1.71. The molecule has 21 heavy (non-hydrogen) atoms. The first-order chi connectivity index (χ1) is 10.1. The number of carboxylic acids is 1. The number of hydrogen-bond donors (Lipinski definition) is 2. The zero-order valence-electron chi connectivity index (χ0n) is 12.0. The van der Waals surface area contributed by atoms with Crippen molar-refractivity contribution in [2.75, 3.05) is 25.0 Å². The van der Waals surface area contributed by atoms with Gasteiger partial charge >= 0.3 is 12.0 Å². The maximum Gasteiger partial charge on any atom is 0.341 e. The first-order valence-electron chi connectivity index (χ1n) is 6.68. The molecule has 2 amide bonds. The number of nitrogens with zero attached hydrogens (tertiary/aromatic N) is 1. The number of carbonyl (C=O) groups is 2. The minimum atomic E-state index is -1.05. The Labute approximate surface area is 124 Å². The van der Waals surface area contributed by atoms with Gasteiger partial charge < -0.3 is 20.1 Å². The fourth-order valence-corrected chi connectivity index (χ4v) is 1.71. The van der Waals surface area contributed by atoms with E-state index in [0.29, 0.717) is 24.5 Å². The van der Waals surface area contributed by atoms with Crippen LogP contribution in [0.3, 0.4) is 0 Å². The number of aliphatic carboxylic acids is 1. The largest absolute Gasteiger partial charge is 0.482 e. The van der Waals surface area contributed by atoms with Gasteiger partial charge in [0.15, 0.2) is 6.61 Å². The van der Waals surface area contributed by atoms with Crippen molar-refractivity contribution in [3.05, 3.63) is 36.9 Å². The highest BCUT2D eigenvalue weighted by Crippen LogP contribution is 2.17. The van der Waals surface area contributed by atoms with Crippen LogP contribution in [0.25, 0.3) is 0 Å². The Kier molecular flexibility index (Phi) is 6.80. The first-order valence-corrected chi connectivity index (χ1v) is 6.68. The van der Waals surface area contributed by atoms with Gasteiger partial charge in [0.05, 0.1) is 0 Å². The molecule has 0 fully saturated rings. The lowest BCUT2D eigenvalue weighted by atomic mass is 10.3. The van der Waals surface area contributed by atoms with E-state index in [1.807, 2.05) is 6.92 Å². The summed E-state index contributed by atoms with van der Waals surface area (Å²) in [5, 5.41) is 11.3. The number of nitrogens with one attached hydrogen (secondary N) is 1. The molecule has 0 atom stereocenters. The molecule has 0 unspecified atom stereocenters. The molecule has 0 spiro atoms. The predicted molar refractivity (Wildman–Crippen MR) is 80.7 cm³/mol. The van der Waals surface area contributed by atoms with Crippen LogP contribution < -0.4 is 10.1 Å². The van der Waals surface area contributed by atoms with Gasteiger partial charge in [0.25, 0.3) is 0 Å². The molecule has 2 N–H and O–H groups in total. The Morgan fingerprint density at radius 3 is 2.86 bits per heavy atom. The van der Waals surface area contributed by atoms with Crippen LogP contribution in [-0.4, -0.2) is 41.7 Å². The van der Waals surface area contributed by atoms with Gasteiger partial charge in [0.2, 0.25) is 0 Å². The molecule has 0 saturated carbocycles. The number of carbonyl (C=O) groups excluding carboxylic acids is 1. The highest BCUT2D eigenvalue weighted by molar-refractivity contribution is 5.89. The molecule has 0 heterocycles. The summed E-state index contributed by atoms with van der Waals surface area (Å²) in [4.78, 5) is 24.2. The molecular weight excluding hydrogens is 272 g/mol. The van der Waals surface area contributed by atoms with Gasteiger partial charge in [-0.1, -0.05) is 19.1 Å². The molecule has 0 aliphatic heterocycles. The van der Waals surface area contributed by atoms with E-state index in [1.54, 1.807) is 35.2 Å². The van der Waals surface area contributed by atoms with Crippen LogP contribution in [0.5, 0.6) is 5.75 Å². The Morgan fingerprint density at radius 1 is 1.48 bits per heavy atom. The summed E-state index contributed by atoms with van der Waals surface area (Å²) in [7, 11) is 0. The summed E-state index contributed by atoms with van der Waals surface area (Å²) in [6.45, 7) is 6.30. The number of carboxylic acid groups (broad SMARTS) is 1. The molecule has 0 aromatic heterocycles. The molecule has 1 aromatic carbocycles. The number of amides is 2. The Hall–Kier alpha value is -2.50. The predicted octanol–water partition coefficient (Wildman–Crippen LogP) is 2.58. The topological polar surface area (TPSA) is 78.9 Å². The van der Waals surface area contributed by atoms with E-state index >= 15 is 0 Å². The van der Waals surface area contributed by atoms with Crippen LogP contribution >= 0.6 is 0 Å². The molecule has 0 saturated heterocycles. The van der Waals surface area contributed by atoms with E-state index < -0.39 is 12.6 Å². The van der Waals surface area contributed by atoms with E-state index in [0.717, 1.165) is 6.42 Å². The summed E-state index contributed by atoms with van der Waals surface area (Å²) in [6.07, 6.45) is 2.52. The Morgan fingerprint density at radius 2 is 2.24 bits per heavy atom. The number of anilines is 1. The summed E-state index contributed by atoms with van der Waals surface area (Å²) in [5.74, 6) is -0.662. The molecule has 1 rings (SSSR count). The molecule has 6 nitrogen and oxygen atoms in total. The third-order valence-electron chi connectivity index (χ3n) is 2.58. The standard InChI is InChI=1S/C15H20N2O4/c1-3-8-17(9-4-2)15(20)16-12-6-5-7-13(10-12)21-11-14(18)19/h3,5-7,10H,1,4,8-9,11H2,2H3,(H,16,20)(H,18,19). The molecule has 0 aliphatic carbocycles. The van der Waals surface area contributed by atoms with E-state index in [4.69, 9.17) is 9.84 Å². The average molecular weight is 292 g/mol. The van der Waals surface area contributed by atoms with Crippen molar-refractivity contribution >= 4 is 17.7 Å². The van der Waals surface area contributed by atoms with Crippen LogP contribution in [0.15, 0.2) is 36.9 Å². The molecule has 114 valence electrons. The number of rotatable bonds is 8. The number of hydrogen-bond acceptors (Lipinski definition) is 3. The van der Waals surface area contributed by atoms with E-state index in [1.165, 1.54) is 0 Å². The Balaban J connectivity index is 2.68. The fraction of sp³-hybridized carbons (Fsp3) is 0.333. The lowest BCUT2D eigenvalue weighted by molar-refractivity contribution is -0.139. The van der Waals surface area contributed by atoms with Gasteiger partial charge in [-0.15, -0.1) is 6.58 Å². The second-order valence-electron chi connectivity index (χ2n) is 4.38. The van der Waals surface area contributed by atoms with Gasteiger partial charge in [0.1, 0.15) is 5.75 Å². The maximum atomic E-state index is 12.1. The summed E-state index contributed by atoms with van der Waals surface area (Å²) >= 11 is 0. The third-order valence-corrected chi connectivity index (χ3v) is 2.58. The molecule has 0 radical (unpaired) electrons. The van der Waals surface area contributed by atoms with E-state index in [-0.39, 0.29) is 6.03 Å². The minimum absolute atomic E-state index is 0.230. The van der Waals surface area contributed by atoms with Gasteiger partial charge in [-0.25, -0.2) is 9.59 Å². The van der Waals surface area contributed by atoms with Crippen LogP contribution in [-0.2, 0) is 4.79 Å². The first kappa shape index (κ1) is 16.6. The van der Waals surface area contributed by atoms with Crippen molar-refractivity contribution in [2.45, 2.75) is 13.3 Å². The van der Waals surface area contributed by atoms with Crippen LogP contribution in [0, 0.1) is 0 Å². The van der Waals surface area contributed by atoms with Crippen LogP contribution in [0.4, 0.5) is 10.5 Å². The van der Waals surface area contributed by atoms with Crippen molar-refractivity contribution in [3.8, 4) is 5.75 Å². The Bertz CT molecular complexity index is 502. The summed E-state index contributed by atoms with van der Waals surface area (Å²) < 4.78 is 5.06. The van der Waals surface area contributed by atoms with Gasteiger partial charge in [0, 0.05) is 24.8 Å². The van der Waals surface area contributed by atoms with Crippen molar-refractivity contribution < 1.29 is 19.4 Å². The average Bonchev–Trinajstić information content (AvgIpc) is 2.45. The number of benzene rings is 1. The second-order valence-corrected chi connectivity index (χ2v) is 4.38. The van der Waals surface area contributed by atoms with E-state index in [9.17, 15) is 9.59 Å². The number of urea groups is 1. The van der Waals surface area contributed by atoms with Crippen molar-refractivity contribution in [1.82, 2.24) is 4.90 Å². The van der Waals surface area contributed by atoms with Crippen LogP contribution in [0.2, 0.25) is 0 Å². The quantitative estimate of drug-likeness (QED) is 0.722. The molecule has 6 heteroatoms. The molecule has 0 aliphatic rings. The monoisotopic (exact) mass is 292 g/mol. The van der Waals surface area contributed by atoms with Crippen molar-refractivity contribution in [1.29, 1.82) is 0 Å². The lowest BCUT2D eigenvalue weighted by Crippen LogP contribution is -2.35. The van der Waals surface area contributed by atoms with Crippen molar-refractivity contribution in [2.24, 2.45) is 0 Å². The zero-order valence-corrected chi connectivity index (χ0v) is 12.0. The van der Waals surface area contributed by atoms with Crippen molar-refractivity contribution in [3.63, 3.8) is 0 Å². The van der Waals surface area contributed by atoms with Gasteiger partial charge in [-0.3, -0.25) is 0 Å². The second kappa shape index (κ2) is 8.63. The highest BCUT2D eigenvalue weighted by atomic mass is 16.5. The molecular formula is C15H20N2O4. The van der Waals surface area contributed by atoms with Gasteiger partial charge in [-0.2, -0.15) is 0 Å². The summed E-state index contributed by atoms with van der Waals surface area (Å²) in [6, 6.07) is 6.38.